The summed E-state index contributed by atoms with van der Waals surface area (Å²) in [6.45, 7) is 5.36. The van der Waals surface area contributed by atoms with Gasteiger partial charge in [0.2, 0.25) is 5.91 Å². The van der Waals surface area contributed by atoms with Gasteiger partial charge in [-0.15, -0.1) is 0 Å². The van der Waals surface area contributed by atoms with Gasteiger partial charge < -0.3 is 20.1 Å². The molecule has 1 aromatic heterocycles. The zero-order chi connectivity index (χ0) is 24.8. The number of nitrogens with zero attached hydrogens (tertiary/aromatic N) is 1. The summed E-state index contributed by atoms with van der Waals surface area (Å²) < 4.78 is 25.6. The minimum absolute atomic E-state index is 0.0296. The van der Waals surface area contributed by atoms with E-state index in [2.05, 4.69) is 22.2 Å². The fraction of sp³-hybridized carbons (Fsp3) is 0.120. The second-order valence-corrected chi connectivity index (χ2v) is 7.82. The first-order valence-electron chi connectivity index (χ1n) is 10.0. The molecule has 1 heterocycles. The molecule has 0 aliphatic rings. The number of pyridine rings is 1. The number of aromatic nitrogens is 1. The van der Waals surface area contributed by atoms with Crippen LogP contribution in [0.4, 0.5) is 21.6 Å². The minimum Gasteiger partial charge on any atom is -0.495 e. The van der Waals surface area contributed by atoms with Crippen LogP contribution in [-0.2, 0) is 4.79 Å². The summed E-state index contributed by atoms with van der Waals surface area (Å²) in [5.41, 5.74) is 2.60. The van der Waals surface area contributed by atoms with Crippen molar-refractivity contribution < 1.29 is 18.7 Å². The molecule has 2 aromatic carbocycles. The van der Waals surface area contributed by atoms with Gasteiger partial charge in [0, 0.05) is 12.3 Å². The summed E-state index contributed by atoms with van der Waals surface area (Å²) in [6.07, 6.45) is 3.93. The van der Waals surface area contributed by atoms with Gasteiger partial charge in [-0.25, -0.2) is 9.37 Å². The van der Waals surface area contributed by atoms with E-state index in [1.54, 1.807) is 18.2 Å². The van der Waals surface area contributed by atoms with Gasteiger partial charge in [0.25, 0.3) is 0 Å². The Morgan fingerprint density at radius 2 is 1.79 bits per heavy atom. The lowest BCUT2D eigenvalue weighted by Gasteiger charge is -2.15. The van der Waals surface area contributed by atoms with E-state index >= 15 is 4.39 Å². The van der Waals surface area contributed by atoms with Crippen LogP contribution in [0.15, 0.2) is 55.3 Å². The van der Waals surface area contributed by atoms with E-state index in [1.807, 2.05) is 19.1 Å². The number of halogens is 3. The second-order valence-electron chi connectivity index (χ2n) is 7.07. The molecular weight excluding hydrogens is 480 g/mol. The van der Waals surface area contributed by atoms with Crippen LogP contribution in [0.25, 0.3) is 11.9 Å². The summed E-state index contributed by atoms with van der Waals surface area (Å²) in [6, 6.07) is 10.3. The van der Waals surface area contributed by atoms with Crippen molar-refractivity contribution in [1.82, 2.24) is 4.98 Å². The van der Waals surface area contributed by atoms with Crippen molar-refractivity contribution in [2.45, 2.75) is 6.92 Å². The molecule has 2 N–H and O–H groups in total. The van der Waals surface area contributed by atoms with E-state index in [9.17, 15) is 4.79 Å². The van der Waals surface area contributed by atoms with Crippen molar-refractivity contribution >= 4 is 58.2 Å². The first-order chi connectivity index (χ1) is 16.3. The van der Waals surface area contributed by atoms with E-state index in [4.69, 9.17) is 32.7 Å². The summed E-state index contributed by atoms with van der Waals surface area (Å²) in [5.74, 6) is -0.0411. The summed E-state index contributed by atoms with van der Waals surface area (Å²) in [5, 5.41) is 5.99. The molecule has 0 spiro atoms. The van der Waals surface area contributed by atoms with Crippen molar-refractivity contribution in [3.8, 4) is 11.5 Å². The third kappa shape index (κ3) is 5.50. The van der Waals surface area contributed by atoms with Gasteiger partial charge in [0.05, 0.1) is 41.2 Å². The van der Waals surface area contributed by atoms with Gasteiger partial charge in [-0.3, -0.25) is 4.79 Å². The van der Waals surface area contributed by atoms with Crippen LogP contribution < -0.4 is 20.1 Å². The molecule has 0 radical (unpaired) electrons. The number of anilines is 3. The summed E-state index contributed by atoms with van der Waals surface area (Å²) in [4.78, 5) is 16.1. The second kappa shape index (κ2) is 11.0. The molecule has 3 rings (SSSR count). The molecular formula is C25H22Cl2FN3O3. The number of nitrogens with one attached hydrogen (secondary N) is 2. The van der Waals surface area contributed by atoms with E-state index in [-0.39, 0.29) is 33.0 Å². The molecule has 0 saturated carbocycles. The number of ether oxygens (including phenoxy) is 2. The Hall–Kier alpha value is -3.55. The van der Waals surface area contributed by atoms with Gasteiger partial charge >= 0.3 is 0 Å². The van der Waals surface area contributed by atoms with E-state index in [0.29, 0.717) is 22.8 Å². The Morgan fingerprint density at radius 1 is 1.12 bits per heavy atom. The lowest BCUT2D eigenvalue weighted by Crippen LogP contribution is -2.10. The first kappa shape index (κ1) is 25.1. The number of hydrogen-bond acceptors (Lipinski definition) is 5. The van der Waals surface area contributed by atoms with Crippen molar-refractivity contribution in [3.05, 3.63) is 82.0 Å². The lowest BCUT2D eigenvalue weighted by molar-refractivity contribution is -0.111. The average molecular weight is 502 g/mol. The average Bonchev–Trinajstić information content (AvgIpc) is 2.82. The van der Waals surface area contributed by atoms with Crippen molar-refractivity contribution in [1.29, 1.82) is 0 Å². The van der Waals surface area contributed by atoms with Crippen LogP contribution in [0, 0.1) is 6.92 Å². The van der Waals surface area contributed by atoms with Gasteiger partial charge in [0.15, 0.2) is 0 Å². The molecule has 6 nitrogen and oxygen atoms in total. The van der Waals surface area contributed by atoms with E-state index < -0.39 is 5.83 Å². The molecule has 176 valence electrons. The number of aryl methyl sites for hydroxylation is 1. The largest absolute Gasteiger partial charge is 0.495 e. The maximum atomic E-state index is 15.2. The number of carbonyl (C=O) groups excluding carboxylic acids is 1. The fourth-order valence-corrected chi connectivity index (χ4v) is 3.81. The first-order valence-corrected chi connectivity index (χ1v) is 10.8. The van der Waals surface area contributed by atoms with E-state index in [1.165, 1.54) is 38.6 Å². The Bertz CT molecular complexity index is 1230. The zero-order valence-corrected chi connectivity index (χ0v) is 20.2. The summed E-state index contributed by atoms with van der Waals surface area (Å²) >= 11 is 12.6. The molecule has 34 heavy (non-hydrogen) atoms. The minimum atomic E-state index is -0.678. The monoisotopic (exact) mass is 501 g/mol. The molecule has 3 aromatic rings. The van der Waals surface area contributed by atoms with Gasteiger partial charge in [-0.05, 0) is 48.4 Å². The topological polar surface area (TPSA) is 72.5 Å². The predicted molar refractivity (Wildman–Crippen MR) is 136 cm³/mol. The molecule has 0 saturated heterocycles. The molecule has 0 aliphatic heterocycles. The lowest BCUT2D eigenvalue weighted by atomic mass is 10.1. The Balaban J connectivity index is 1.90. The number of rotatable bonds is 8. The third-order valence-electron chi connectivity index (χ3n) is 4.86. The van der Waals surface area contributed by atoms with Crippen molar-refractivity contribution in [2.75, 3.05) is 24.9 Å². The fourth-order valence-electron chi connectivity index (χ4n) is 3.13. The maximum absolute atomic E-state index is 15.2. The number of amides is 1. The van der Waals surface area contributed by atoms with Crippen molar-refractivity contribution in [2.24, 2.45) is 0 Å². The molecule has 0 bridgehead atoms. The smallest absolute Gasteiger partial charge is 0.247 e. The number of hydrogen-bond donors (Lipinski definition) is 2. The number of para-hydroxylation sites is 1. The van der Waals surface area contributed by atoms with Crippen LogP contribution in [0.3, 0.4) is 0 Å². The van der Waals surface area contributed by atoms with Gasteiger partial charge in [-0.2, -0.15) is 0 Å². The quantitative estimate of drug-likeness (QED) is 0.323. The molecule has 1 amide bonds. The summed E-state index contributed by atoms with van der Waals surface area (Å²) in [7, 11) is 2.83. The van der Waals surface area contributed by atoms with E-state index in [0.717, 1.165) is 5.56 Å². The maximum Gasteiger partial charge on any atom is 0.247 e. The zero-order valence-electron chi connectivity index (χ0n) is 18.7. The van der Waals surface area contributed by atoms with Gasteiger partial charge in [0.1, 0.15) is 23.1 Å². The number of methoxy groups -OCH3 is 2. The Labute approximate surface area is 207 Å². The Kier molecular flexibility index (Phi) is 8.15. The highest BCUT2D eigenvalue weighted by Gasteiger charge is 2.20. The number of benzene rings is 2. The van der Waals surface area contributed by atoms with Gasteiger partial charge in [-0.1, -0.05) is 41.9 Å². The van der Waals surface area contributed by atoms with Crippen molar-refractivity contribution in [3.63, 3.8) is 0 Å². The number of carbonyl (C=O) groups is 1. The highest BCUT2D eigenvalue weighted by atomic mass is 35.5. The highest BCUT2D eigenvalue weighted by Crippen LogP contribution is 2.44. The normalized spacial score (nSPS) is 11.1. The molecule has 0 fully saturated rings. The molecule has 0 aliphatic carbocycles. The van der Waals surface area contributed by atoms with Crippen LogP contribution >= 0.6 is 23.2 Å². The highest BCUT2D eigenvalue weighted by molar-refractivity contribution is 6.39. The van der Waals surface area contributed by atoms with Crippen LogP contribution in [0.5, 0.6) is 11.5 Å². The SMILES string of the molecule is C=CC(=O)Nc1cccc(C)c1Nc1ccc(/C=C(\F)c2c(Cl)c(OC)cc(OC)c2Cl)cn1. The molecule has 0 atom stereocenters. The van der Waals surface area contributed by atoms with Crippen LogP contribution in [0.2, 0.25) is 10.0 Å². The van der Waals surface area contributed by atoms with Crippen LogP contribution in [0.1, 0.15) is 16.7 Å². The standard InChI is InChI=1S/C25H22Cl2FN3O3/c1-5-21(32)30-17-8-6-7-14(2)25(17)31-20-10-9-15(13-29-20)11-16(28)22-23(26)18(33-3)12-19(34-4)24(22)27/h5-13H,1H2,2-4H3,(H,29,31)(H,30,32)/b16-11-. The van der Waals surface area contributed by atoms with Crippen LogP contribution in [-0.4, -0.2) is 25.1 Å². The predicted octanol–water partition coefficient (Wildman–Crippen LogP) is 7.05. The Morgan fingerprint density at radius 3 is 2.35 bits per heavy atom. The third-order valence-corrected chi connectivity index (χ3v) is 5.61. The molecule has 9 heteroatoms. The molecule has 0 unspecified atom stereocenters.